The molecular formula is C28H23NO2. The lowest BCUT2D eigenvalue weighted by Crippen LogP contribution is -2.14. The zero-order valence-corrected chi connectivity index (χ0v) is 17.6. The van der Waals surface area contributed by atoms with Crippen molar-refractivity contribution in [1.29, 1.82) is 0 Å². The van der Waals surface area contributed by atoms with Gasteiger partial charge in [0.2, 0.25) is 0 Å². The van der Waals surface area contributed by atoms with Crippen molar-refractivity contribution >= 4 is 34.1 Å². The van der Waals surface area contributed by atoms with Crippen molar-refractivity contribution in [3.8, 4) is 0 Å². The third kappa shape index (κ3) is 4.17. The molecule has 0 saturated heterocycles. The number of Topliss-reactive ketones (excluding diaryl/α,β-unsaturated/α-hetero) is 2. The van der Waals surface area contributed by atoms with Gasteiger partial charge in [-0.25, -0.2) is 0 Å². The van der Waals surface area contributed by atoms with Crippen LogP contribution in [0.3, 0.4) is 0 Å². The van der Waals surface area contributed by atoms with E-state index in [2.05, 4.69) is 0 Å². The SMILES string of the molecule is CN(C)c1cccc2cccc(C=C(C(=O)c3ccccc3)C(=O)c3ccccc3)c12. The molecule has 3 heteroatoms. The highest BCUT2D eigenvalue weighted by molar-refractivity contribution is 6.33. The van der Waals surface area contributed by atoms with Crippen molar-refractivity contribution < 1.29 is 9.59 Å². The highest BCUT2D eigenvalue weighted by atomic mass is 16.1. The van der Waals surface area contributed by atoms with Crippen LogP contribution in [0.2, 0.25) is 0 Å². The van der Waals surface area contributed by atoms with Gasteiger partial charge in [0.05, 0.1) is 5.57 Å². The fourth-order valence-electron chi connectivity index (χ4n) is 3.72. The van der Waals surface area contributed by atoms with Crippen LogP contribution in [-0.2, 0) is 0 Å². The summed E-state index contributed by atoms with van der Waals surface area (Å²) >= 11 is 0. The zero-order valence-electron chi connectivity index (χ0n) is 17.6. The number of ketones is 2. The monoisotopic (exact) mass is 405 g/mol. The van der Waals surface area contributed by atoms with Gasteiger partial charge in [-0.15, -0.1) is 0 Å². The number of benzene rings is 4. The number of rotatable bonds is 6. The molecular weight excluding hydrogens is 382 g/mol. The lowest BCUT2D eigenvalue weighted by atomic mass is 9.92. The Morgan fingerprint density at radius 2 is 1.16 bits per heavy atom. The molecule has 0 heterocycles. The minimum absolute atomic E-state index is 0.151. The van der Waals surface area contributed by atoms with Gasteiger partial charge in [-0.2, -0.15) is 0 Å². The van der Waals surface area contributed by atoms with Gasteiger partial charge < -0.3 is 4.90 Å². The number of nitrogens with zero attached hydrogens (tertiary/aromatic N) is 1. The molecule has 4 aromatic rings. The fourth-order valence-corrected chi connectivity index (χ4v) is 3.72. The van der Waals surface area contributed by atoms with Crippen LogP contribution in [0.15, 0.2) is 103 Å². The number of hydrogen-bond donors (Lipinski definition) is 0. The minimum atomic E-state index is -0.284. The van der Waals surface area contributed by atoms with Crippen LogP contribution in [0.4, 0.5) is 5.69 Å². The normalized spacial score (nSPS) is 10.5. The van der Waals surface area contributed by atoms with Crippen LogP contribution in [-0.4, -0.2) is 25.7 Å². The first-order chi connectivity index (χ1) is 15.1. The lowest BCUT2D eigenvalue weighted by Gasteiger charge is -2.17. The van der Waals surface area contributed by atoms with Gasteiger partial charge in [0.25, 0.3) is 0 Å². The Hall–Kier alpha value is -3.98. The van der Waals surface area contributed by atoms with Crippen molar-refractivity contribution in [2.24, 2.45) is 0 Å². The highest BCUT2D eigenvalue weighted by Crippen LogP contribution is 2.31. The summed E-state index contributed by atoms with van der Waals surface area (Å²) in [6.07, 6.45) is 1.74. The molecule has 0 radical (unpaired) electrons. The Balaban J connectivity index is 1.94. The third-order valence-corrected chi connectivity index (χ3v) is 5.26. The lowest BCUT2D eigenvalue weighted by molar-refractivity contribution is 0.0964. The topological polar surface area (TPSA) is 37.4 Å². The molecule has 0 aromatic heterocycles. The highest BCUT2D eigenvalue weighted by Gasteiger charge is 2.22. The molecule has 0 N–H and O–H groups in total. The second-order valence-corrected chi connectivity index (χ2v) is 7.57. The predicted octanol–water partition coefficient (Wildman–Crippen LogP) is 6.06. The maximum atomic E-state index is 13.4. The Morgan fingerprint density at radius 1 is 0.645 bits per heavy atom. The van der Waals surface area contributed by atoms with Crippen molar-refractivity contribution in [2.75, 3.05) is 19.0 Å². The molecule has 0 amide bonds. The first-order valence-corrected chi connectivity index (χ1v) is 10.2. The summed E-state index contributed by atoms with van der Waals surface area (Å²) in [5.74, 6) is -0.567. The second-order valence-electron chi connectivity index (χ2n) is 7.57. The molecule has 0 aliphatic heterocycles. The summed E-state index contributed by atoms with van der Waals surface area (Å²) in [6, 6.07) is 29.9. The van der Waals surface area contributed by atoms with E-state index < -0.39 is 0 Å². The maximum Gasteiger partial charge on any atom is 0.196 e. The van der Waals surface area contributed by atoms with Crippen molar-refractivity contribution in [1.82, 2.24) is 0 Å². The van der Waals surface area contributed by atoms with Gasteiger partial charge in [0, 0.05) is 36.3 Å². The van der Waals surface area contributed by atoms with Crippen LogP contribution in [0.25, 0.3) is 16.8 Å². The Labute approximate surface area is 182 Å². The van der Waals surface area contributed by atoms with E-state index in [1.54, 1.807) is 54.6 Å². The summed E-state index contributed by atoms with van der Waals surface area (Å²) in [5.41, 5.74) is 3.00. The van der Waals surface area contributed by atoms with E-state index in [0.29, 0.717) is 11.1 Å². The first kappa shape index (κ1) is 20.3. The molecule has 0 saturated carbocycles. The van der Waals surface area contributed by atoms with Crippen LogP contribution in [0.5, 0.6) is 0 Å². The smallest absolute Gasteiger partial charge is 0.196 e. The summed E-state index contributed by atoms with van der Waals surface area (Å²) in [4.78, 5) is 28.9. The third-order valence-electron chi connectivity index (χ3n) is 5.26. The van der Waals surface area contributed by atoms with E-state index in [4.69, 9.17) is 0 Å². The van der Waals surface area contributed by atoms with Crippen LogP contribution in [0.1, 0.15) is 26.3 Å². The average Bonchev–Trinajstić information content (AvgIpc) is 2.82. The van der Waals surface area contributed by atoms with Crippen LogP contribution in [0, 0.1) is 0 Å². The Morgan fingerprint density at radius 3 is 1.68 bits per heavy atom. The van der Waals surface area contributed by atoms with E-state index in [1.807, 2.05) is 67.5 Å². The molecule has 0 bridgehead atoms. The van der Waals surface area contributed by atoms with Crippen molar-refractivity contribution in [3.05, 3.63) is 119 Å². The largest absolute Gasteiger partial charge is 0.377 e. The molecule has 0 unspecified atom stereocenters. The van der Waals surface area contributed by atoms with Crippen LogP contribution < -0.4 is 4.90 Å². The minimum Gasteiger partial charge on any atom is -0.377 e. The van der Waals surface area contributed by atoms with E-state index in [9.17, 15) is 9.59 Å². The summed E-state index contributed by atoms with van der Waals surface area (Å²) in [6.45, 7) is 0. The number of anilines is 1. The van der Waals surface area contributed by atoms with E-state index in [1.165, 1.54) is 0 Å². The van der Waals surface area contributed by atoms with Gasteiger partial charge in [0.1, 0.15) is 0 Å². The molecule has 0 spiro atoms. The first-order valence-electron chi connectivity index (χ1n) is 10.2. The molecule has 31 heavy (non-hydrogen) atoms. The van der Waals surface area contributed by atoms with Gasteiger partial charge in [-0.05, 0) is 23.1 Å². The fraction of sp³-hybridized carbons (Fsp3) is 0.0714. The van der Waals surface area contributed by atoms with Gasteiger partial charge in [0.15, 0.2) is 11.6 Å². The second kappa shape index (κ2) is 8.80. The number of allylic oxidation sites excluding steroid dienone is 1. The number of carbonyl (C=O) groups is 2. The predicted molar refractivity (Wildman–Crippen MR) is 128 cm³/mol. The van der Waals surface area contributed by atoms with Crippen molar-refractivity contribution in [3.63, 3.8) is 0 Å². The van der Waals surface area contributed by atoms with Crippen LogP contribution >= 0.6 is 0 Å². The van der Waals surface area contributed by atoms with E-state index in [0.717, 1.165) is 22.0 Å². The van der Waals surface area contributed by atoms with E-state index >= 15 is 0 Å². The molecule has 152 valence electrons. The van der Waals surface area contributed by atoms with Gasteiger partial charge in [-0.1, -0.05) is 91.0 Å². The molecule has 0 atom stereocenters. The molecule has 0 fully saturated rings. The molecule has 0 aliphatic carbocycles. The summed E-state index contributed by atoms with van der Waals surface area (Å²) < 4.78 is 0. The molecule has 4 rings (SSSR count). The maximum absolute atomic E-state index is 13.4. The van der Waals surface area contributed by atoms with Crippen molar-refractivity contribution in [2.45, 2.75) is 0 Å². The zero-order chi connectivity index (χ0) is 21.8. The molecule has 3 nitrogen and oxygen atoms in total. The van der Waals surface area contributed by atoms with Gasteiger partial charge in [-0.3, -0.25) is 9.59 Å². The summed E-state index contributed by atoms with van der Waals surface area (Å²) in [7, 11) is 3.97. The number of hydrogen-bond acceptors (Lipinski definition) is 3. The Kier molecular flexibility index (Phi) is 5.76. The summed E-state index contributed by atoms with van der Waals surface area (Å²) in [5, 5.41) is 2.06. The number of carbonyl (C=O) groups excluding carboxylic acids is 2. The Bertz CT molecular complexity index is 1210. The molecule has 0 aliphatic rings. The number of fused-ring (bicyclic) bond motifs is 1. The van der Waals surface area contributed by atoms with Gasteiger partial charge >= 0.3 is 0 Å². The average molecular weight is 405 g/mol. The standard InChI is InChI=1S/C28H23NO2/c1-29(2)25-18-10-16-20-15-9-17-23(26(20)25)19-24(27(30)21-11-5-3-6-12-21)28(31)22-13-7-4-8-14-22/h3-19H,1-2H3. The molecule has 4 aromatic carbocycles. The van der Waals surface area contributed by atoms with E-state index in [-0.39, 0.29) is 17.1 Å². The quantitative estimate of drug-likeness (QED) is 0.169.